The molecule has 0 spiro atoms. The van der Waals surface area contributed by atoms with Gasteiger partial charge in [0.2, 0.25) is 0 Å². The van der Waals surface area contributed by atoms with Gasteiger partial charge in [-0.2, -0.15) is 0 Å². The van der Waals surface area contributed by atoms with Crippen LogP contribution in [-0.4, -0.2) is 43.2 Å². The van der Waals surface area contributed by atoms with E-state index in [-0.39, 0.29) is 5.91 Å². The van der Waals surface area contributed by atoms with Gasteiger partial charge in [-0.15, -0.1) is 0 Å². The fourth-order valence-corrected chi connectivity index (χ4v) is 3.87. The smallest absolute Gasteiger partial charge is 0.251 e. The molecule has 0 atom stereocenters. The van der Waals surface area contributed by atoms with Crippen LogP contribution in [0.4, 0.5) is 5.82 Å². The zero-order valence-corrected chi connectivity index (χ0v) is 18.5. The number of rotatable bonds is 7. The Kier molecular flexibility index (Phi) is 6.84. The topological polar surface area (TPSA) is 76.6 Å². The molecule has 4 rings (SSSR count). The second-order valence-electron chi connectivity index (χ2n) is 7.75. The van der Waals surface area contributed by atoms with Crippen LogP contribution in [0.25, 0.3) is 11.3 Å². The van der Waals surface area contributed by atoms with Crippen LogP contribution in [0.2, 0.25) is 0 Å². The van der Waals surface area contributed by atoms with Crippen molar-refractivity contribution in [3.63, 3.8) is 0 Å². The molecule has 3 aromatic rings. The maximum atomic E-state index is 12.6. The number of carbonyl (C=O) groups excluding carboxylic acids is 1. The molecule has 1 saturated heterocycles. The van der Waals surface area contributed by atoms with E-state index in [4.69, 9.17) is 9.47 Å². The van der Waals surface area contributed by atoms with Crippen molar-refractivity contribution in [1.29, 1.82) is 0 Å². The van der Waals surface area contributed by atoms with Crippen LogP contribution in [-0.2, 0) is 6.54 Å². The Morgan fingerprint density at radius 2 is 1.75 bits per heavy atom. The van der Waals surface area contributed by atoms with Crippen molar-refractivity contribution in [2.45, 2.75) is 25.8 Å². The first kappa shape index (κ1) is 21.6. The first-order valence-electron chi connectivity index (χ1n) is 10.8. The molecule has 1 fully saturated rings. The van der Waals surface area contributed by atoms with Crippen LogP contribution in [0.3, 0.4) is 0 Å². The first-order chi connectivity index (χ1) is 15.7. The second kappa shape index (κ2) is 10.1. The Balaban J connectivity index is 1.42. The highest BCUT2D eigenvalue weighted by Gasteiger charge is 2.14. The zero-order chi connectivity index (χ0) is 22.3. The Morgan fingerprint density at radius 3 is 2.47 bits per heavy atom. The zero-order valence-electron chi connectivity index (χ0n) is 18.5. The number of anilines is 1. The van der Waals surface area contributed by atoms with Crippen LogP contribution < -0.4 is 19.7 Å². The summed E-state index contributed by atoms with van der Waals surface area (Å²) in [7, 11) is 3.21. The van der Waals surface area contributed by atoms with Gasteiger partial charge in [0.05, 0.1) is 19.9 Å². The van der Waals surface area contributed by atoms with E-state index in [2.05, 4.69) is 20.2 Å². The van der Waals surface area contributed by atoms with E-state index in [1.807, 2.05) is 42.5 Å². The SMILES string of the molecule is COc1ccc(CNC(=O)c2ccc(-c3cc(N4CCCCC4)ncn3)cc2)c(OC)c1. The number of benzene rings is 2. The maximum Gasteiger partial charge on any atom is 0.251 e. The number of hydrogen-bond acceptors (Lipinski definition) is 6. The minimum absolute atomic E-state index is 0.147. The van der Waals surface area contributed by atoms with Gasteiger partial charge in [0.25, 0.3) is 5.91 Å². The highest BCUT2D eigenvalue weighted by atomic mass is 16.5. The second-order valence-corrected chi connectivity index (χ2v) is 7.75. The van der Waals surface area contributed by atoms with Crippen molar-refractivity contribution in [1.82, 2.24) is 15.3 Å². The Bertz CT molecular complexity index is 1060. The van der Waals surface area contributed by atoms with Gasteiger partial charge >= 0.3 is 0 Å². The van der Waals surface area contributed by atoms with Gasteiger partial charge in [-0.25, -0.2) is 9.97 Å². The molecule has 7 heteroatoms. The summed E-state index contributed by atoms with van der Waals surface area (Å²) >= 11 is 0. The average Bonchev–Trinajstić information content (AvgIpc) is 2.87. The molecule has 1 amide bonds. The standard InChI is InChI=1S/C25H28N4O3/c1-31-21-11-10-20(23(14-21)32-2)16-26-25(30)19-8-6-18(7-9-19)22-15-24(28-17-27-22)29-12-4-3-5-13-29/h6-11,14-15,17H,3-5,12-13,16H2,1-2H3,(H,26,30). The quantitative estimate of drug-likeness (QED) is 0.606. The van der Waals surface area contributed by atoms with Crippen LogP contribution >= 0.6 is 0 Å². The average molecular weight is 433 g/mol. The lowest BCUT2D eigenvalue weighted by Crippen LogP contribution is -2.30. The van der Waals surface area contributed by atoms with E-state index in [0.717, 1.165) is 35.7 Å². The van der Waals surface area contributed by atoms with E-state index >= 15 is 0 Å². The Morgan fingerprint density at radius 1 is 0.969 bits per heavy atom. The number of methoxy groups -OCH3 is 2. The minimum Gasteiger partial charge on any atom is -0.497 e. The summed E-state index contributed by atoms with van der Waals surface area (Å²) in [5, 5.41) is 2.95. The lowest BCUT2D eigenvalue weighted by molar-refractivity contribution is 0.0950. The third kappa shape index (κ3) is 4.99. The van der Waals surface area contributed by atoms with Crippen molar-refractivity contribution in [2.75, 3.05) is 32.2 Å². The molecule has 1 aliphatic heterocycles. The predicted octanol–water partition coefficient (Wildman–Crippen LogP) is 4.08. The van der Waals surface area contributed by atoms with Crippen molar-refractivity contribution in [3.05, 3.63) is 66.0 Å². The Labute approximate surface area is 188 Å². The normalized spacial score (nSPS) is 13.5. The van der Waals surface area contributed by atoms with Crippen LogP contribution in [0.15, 0.2) is 54.9 Å². The molecule has 0 radical (unpaired) electrons. The molecule has 2 aromatic carbocycles. The number of carbonyl (C=O) groups is 1. The van der Waals surface area contributed by atoms with Gasteiger partial charge in [0.15, 0.2) is 0 Å². The lowest BCUT2D eigenvalue weighted by atomic mass is 10.1. The largest absolute Gasteiger partial charge is 0.497 e. The monoisotopic (exact) mass is 432 g/mol. The summed E-state index contributed by atoms with van der Waals surface area (Å²) in [6, 6.07) is 15.0. The number of nitrogens with one attached hydrogen (secondary N) is 1. The van der Waals surface area contributed by atoms with E-state index in [9.17, 15) is 4.79 Å². The molecule has 1 aliphatic rings. The van der Waals surface area contributed by atoms with Crippen molar-refractivity contribution >= 4 is 11.7 Å². The highest BCUT2D eigenvalue weighted by molar-refractivity contribution is 5.94. The molecule has 0 bridgehead atoms. The van der Waals surface area contributed by atoms with E-state index in [0.29, 0.717) is 23.6 Å². The van der Waals surface area contributed by atoms with Crippen molar-refractivity contribution in [3.8, 4) is 22.8 Å². The molecule has 32 heavy (non-hydrogen) atoms. The van der Waals surface area contributed by atoms with Gasteiger partial charge in [-0.1, -0.05) is 12.1 Å². The molecule has 7 nitrogen and oxygen atoms in total. The van der Waals surface area contributed by atoms with Crippen molar-refractivity contribution < 1.29 is 14.3 Å². The molecule has 1 aromatic heterocycles. The molecule has 166 valence electrons. The molecule has 0 unspecified atom stereocenters. The summed E-state index contributed by atoms with van der Waals surface area (Å²) < 4.78 is 10.6. The third-order valence-corrected chi connectivity index (χ3v) is 5.71. The minimum atomic E-state index is -0.147. The third-order valence-electron chi connectivity index (χ3n) is 5.71. The molecule has 2 heterocycles. The number of aromatic nitrogens is 2. The highest BCUT2D eigenvalue weighted by Crippen LogP contribution is 2.25. The summed E-state index contributed by atoms with van der Waals surface area (Å²) in [6.07, 6.45) is 5.29. The van der Waals surface area contributed by atoms with E-state index in [1.54, 1.807) is 26.6 Å². The first-order valence-corrected chi connectivity index (χ1v) is 10.8. The summed E-state index contributed by atoms with van der Waals surface area (Å²) in [6.45, 7) is 2.43. The van der Waals surface area contributed by atoms with Gasteiger partial charge < -0.3 is 19.7 Å². The molecular weight excluding hydrogens is 404 g/mol. The van der Waals surface area contributed by atoms with E-state index < -0.39 is 0 Å². The maximum absolute atomic E-state index is 12.6. The number of nitrogens with zero attached hydrogens (tertiary/aromatic N) is 3. The summed E-state index contributed by atoms with van der Waals surface area (Å²) in [5.74, 6) is 2.20. The molecular formula is C25H28N4O3. The van der Waals surface area contributed by atoms with Gasteiger partial charge in [-0.05, 0) is 43.5 Å². The summed E-state index contributed by atoms with van der Waals surface area (Å²) in [5.41, 5.74) is 3.28. The van der Waals surface area contributed by atoms with Crippen LogP contribution in [0, 0.1) is 0 Å². The van der Waals surface area contributed by atoms with Gasteiger partial charge in [0.1, 0.15) is 23.6 Å². The molecule has 1 N–H and O–H groups in total. The lowest BCUT2D eigenvalue weighted by Gasteiger charge is -2.27. The van der Waals surface area contributed by atoms with Crippen molar-refractivity contribution in [2.24, 2.45) is 0 Å². The predicted molar refractivity (Wildman–Crippen MR) is 124 cm³/mol. The number of hydrogen-bond donors (Lipinski definition) is 1. The fourth-order valence-electron chi connectivity index (χ4n) is 3.87. The van der Waals surface area contributed by atoms with E-state index in [1.165, 1.54) is 19.3 Å². The molecule has 0 aliphatic carbocycles. The van der Waals surface area contributed by atoms with Crippen LogP contribution in [0.5, 0.6) is 11.5 Å². The molecule has 0 saturated carbocycles. The van der Waals surface area contributed by atoms with Gasteiger partial charge in [-0.3, -0.25) is 4.79 Å². The number of piperidine rings is 1. The summed E-state index contributed by atoms with van der Waals surface area (Å²) in [4.78, 5) is 23.8. The Hall–Kier alpha value is -3.61. The number of amides is 1. The van der Waals surface area contributed by atoms with Gasteiger partial charge in [0, 0.05) is 48.5 Å². The fraction of sp³-hybridized carbons (Fsp3) is 0.320. The number of ether oxygens (including phenoxy) is 2. The van der Waals surface area contributed by atoms with Crippen LogP contribution in [0.1, 0.15) is 35.2 Å².